The molecule has 2 aromatic carbocycles. The molecule has 5 nitrogen and oxygen atoms in total. The summed E-state index contributed by atoms with van der Waals surface area (Å²) in [4.78, 5) is 14.5. The van der Waals surface area contributed by atoms with Gasteiger partial charge in [0.1, 0.15) is 0 Å². The number of halogens is 1. The Kier molecular flexibility index (Phi) is 4.70. The summed E-state index contributed by atoms with van der Waals surface area (Å²) in [5, 5.41) is 9.88. The van der Waals surface area contributed by atoms with Crippen molar-refractivity contribution >= 4 is 35.0 Å². The number of fused-ring (bicyclic) bond motifs is 1. The van der Waals surface area contributed by atoms with Gasteiger partial charge in [0, 0.05) is 29.9 Å². The summed E-state index contributed by atoms with van der Waals surface area (Å²) in [5.41, 5.74) is 3.20. The predicted octanol–water partition coefficient (Wildman–Crippen LogP) is 3.82. The average Bonchev–Trinajstić information content (AvgIpc) is 3.24. The van der Waals surface area contributed by atoms with Gasteiger partial charge in [-0.25, -0.2) is 0 Å². The number of thioether (sulfide) groups is 1. The van der Waals surface area contributed by atoms with E-state index in [9.17, 15) is 4.79 Å². The molecule has 0 aliphatic carbocycles. The first-order valence-corrected chi connectivity index (χ1v) is 9.66. The predicted molar refractivity (Wildman–Crippen MR) is 105 cm³/mol. The van der Waals surface area contributed by atoms with E-state index in [1.807, 2.05) is 59.0 Å². The number of amides is 1. The molecule has 1 aliphatic heterocycles. The molecule has 0 bridgehead atoms. The number of hydrogen-bond donors (Lipinski definition) is 0. The molecule has 0 unspecified atom stereocenters. The number of carbonyl (C=O) groups is 1. The van der Waals surface area contributed by atoms with Crippen molar-refractivity contribution in [1.82, 2.24) is 14.8 Å². The smallest absolute Gasteiger partial charge is 0.237 e. The second kappa shape index (κ2) is 7.13. The van der Waals surface area contributed by atoms with Crippen molar-refractivity contribution in [2.75, 3.05) is 17.2 Å². The molecule has 0 atom stereocenters. The first kappa shape index (κ1) is 17.1. The van der Waals surface area contributed by atoms with Crippen LogP contribution in [0.25, 0.3) is 11.4 Å². The lowest BCUT2D eigenvalue weighted by Gasteiger charge is -2.16. The standard InChI is InChI=1S/C19H17ClN4OS/c1-23-18(14-6-8-15(20)9-7-14)21-22-19(23)26-12-17(25)24-11-10-13-4-2-3-5-16(13)24/h2-9H,10-12H2,1H3. The van der Waals surface area contributed by atoms with Gasteiger partial charge in [-0.2, -0.15) is 0 Å². The zero-order chi connectivity index (χ0) is 18.1. The average molecular weight is 385 g/mol. The summed E-state index contributed by atoms with van der Waals surface area (Å²) >= 11 is 7.35. The van der Waals surface area contributed by atoms with Crippen molar-refractivity contribution in [3.8, 4) is 11.4 Å². The first-order valence-electron chi connectivity index (χ1n) is 8.30. The number of anilines is 1. The van der Waals surface area contributed by atoms with Crippen LogP contribution in [0.4, 0.5) is 5.69 Å². The number of rotatable bonds is 4. The molecule has 1 aromatic heterocycles. The fourth-order valence-corrected chi connectivity index (χ4v) is 4.01. The number of nitrogens with zero attached hydrogens (tertiary/aromatic N) is 4. The largest absolute Gasteiger partial charge is 0.311 e. The highest BCUT2D eigenvalue weighted by Gasteiger charge is 2.24. The van der Waals surface area contributed by atoms with E-state index in [-0.39, 0.29) is 5.91 Å². The summed E-state index contributed by atoms with van der Waals surface area (Å²) in [6.07, 6.45) is 0.914. The third-order valence-electron chi connectivity index (χ3n) is 4.45. The Hall–Kier alpha value is -2.31. The van der Waals surface area contributed by atoms with Gasteiger partial charge in [-0.3, -0.25) is 4.79 Å². The van der Waals surface area contributed by atoms with Gasteiger partial charge < -0.3 is 9.47 Å². The Morgan fingerprint density at radius 3 is 2.73 bits per heavy atom. The summed E-state index contributed by atoms with van der Waals surface area (Å²) in [6, 6.07) is 15.5. The van der Waals surface area contributed by atoms with Crippen LogP contribution in [0.5, 0.6) is 0 Å². The van der Waals surface area contributed by atoms with Crippen molar-refractivity contribution < 1.29 is 4.79 Å². The summed E-state index contributed by atoms with van der Waals surface area (Å²) in [6.45, 7) is 0.744. The van der Waals surface area contributed by atoms with E-state index >= 15 is 0 Å². The summed E-state index contributed by atoms with van der Waals surface area (Å²) < 4.78 is 1.90. The number of para-hydroxylation sites is 1. The molecule has 7 heteroatoms. The SMILES string of the molecule is Cn1c(SCC(=O)N2CCc3ccccc32)nnc1-c1ccc(Cl)cc1. The lowest BCUT2D eigenvalue weighted by molar-refractivity contribution is -0.116. The van der Waals surface area contributed by atoms with Crippen LogP contribution in [0, 0.1) is 0 Å². The lowest BCUT2D eigenvalue weighted by Crippen LogP contribution is -2.30. The van der Waals surface area contributed by atoms with E-state index in [1.165, 1.54) is 17.3 Å². The van der Waals surface area contributed by atoms with Crippen LogP contribution >= 0.6 is 23.4 Å². The molecular weight excluding hydrogens is 368 g/mol. The van der Waals surface area contributed by atoms with E-state index < -0.39 is 0 Å². The second-order valence-electron chi connectivity index (χ2n) is 6.08. The van der Waals surface area contributed by atoms with Crippen molar-refractivity contribution in [1.29, 1.82) is 0 Å². The number of carbonyl (C=O) groups excluding carboxylic acids is 1. The molecular formula is C19H17ClN4OS. The van der Waals surface area contributed by atoms with Crippen LogP contribution in [0.15, 0.2) is 53.7 Å². The molecule has 0 fully saturated rings. The minimum Gasteiger partial charge on any atom is -0.311 e. The molecule has 132 valence electrons. The fraction of sp³-hybridized carbons (Fsp3) is 0.211. The molecule has 1 amide bonds. The first-order chi connectivity index (χ1) is 12.6. The third-order valence-corrected chi connectivity index (χ3v) is 5.71. The van der Waals surface area contributed by atoms with Crippen molar-refractivity contribution in [2.45, 2.75) is 11.6 Å². The van der Waals surface area contributed by atoms with Crippen LogP contribution in [0.2, 0.25) is 5.02 Å². The Morgan fingerprint density at radius 2 is 1.92 bits per heavy atom. The Morgan fingerprint density at radius 1 is 1.15 bits per heavy atom. The number of hydrogen-bond acceptors (Lipinski definition) is 4. The van der Waals surface area contributed by atoms with E-state index in [2.05, 4.69) is 16.3 Å². The maximum Gasteiger partial charge on any atom is 0.237 e. The van der Waals surface area contributed by atoms with Gasteiger partial charge in [0.2, 0.25) is 5.91 Å². The van der Waals surface area contributed by atoms with Gasteiger partial charge in [0.15, 0.2) is 11.0 Å². The molecule has 0 saturated heterocycles. The normalized spacial score (nSPS) is 13.1. The maximum absolute atomic E-state index is 12.6. The molecule has 0 radical (unpaired) electrons. The van der Waals surface area contributed by atoms with Gasteiger partial charge >= 0.3 is 0 Å². The van der Waals surface area contributed by atoms with Crippen LogP contribution in [-0.2, 0) is 18.3 Å². The minimum atomic E-state index is 0.0935. The van der Waals surface area contributed by atoms with E-state index in [1.54, 1.807) is 0 Å². The molecule has 26 heavy (non-hydrogen) atoms. The van der Waals surface area contributed by atoms with Crippen LogP contribution < -0.4 is 4.90 Å². The molecule has 1 aliphatic rings. The highest BCUT2D eigenvalue weighted by Crippen LogP contribution is 2.29. The highest BCUT2D eigenvalue weighted by atomic mass is 35.5. The molecule has 4 rings (SSSR count). The van der Waals surface area contributed by atoms with Gasteiger partial charge in [0.05, 0.1) is 5.75 Å². The van der Waals surface area contributed by atoms with E-state index in [0.717, 1.165) is 35.2 Å². The van der Waals surface area contributed by atoms with Crippen molar-refractivity contribution in [2.24, 2.45) is 7.05 Å². The van der Waals surface area contributed by atoms with Gasteiger partial charge in [-0.05, 0) is 42.3 Å². The quantitative estimate of drug-likeness (QED) is 0.642. The monoisotopic (exact) mass is 384 g/mol. The minimum absolute atomic E-state index is 0.0935. The number of aromatic nitrogens is 3. The Labute approximate surface area is 161 Å². The fourth-order valence-electron chi connectivity index (χ4n) is 3.09. The van der Waals surface area contributed by atoms with Crippen molar-refractivity contribution in [3.05, 3.63) is 59.1 Å². The van der Waals surface area contributed by atoms with Crippen molar-refractivity contribution in [3.63, 3.8) is 0 Å². The molecule has 0 saturated carbocycles. The topological polar surface area (TPSA) is 51.0 Å². The molecule has 0 N–H and O–H groups in total. The van der Waals surface area contributed by atoms with Crippen LogP contribution in [-0.4, -0.2) is 33.0 Å². The number of benzene rings is 2. The van der Waals surface area contributed by atoms with Gasteiger partial charge in [-0.1, -0.05) is 41.6 Å². The zero-order valence-electron chi connectivity index (χ0n) is 14.2. The lowest BCUT2D eigenvalue weighted by atomic mass is 10.2. The van der Waals surface area contributed by atoms with Crippen LogP contribution in [0.1, 0.15) is 5.56 Å². The van der Waals surface area contributed by atoms with E-state index in [0.29, 0.717) is 10.8 Å². The second-order valence-corrected chi connectivity index (χ2v) is 7.46. The highest BCUT2D eigenvalue weighted by molar-refractivity contribution is 7.99. The summed E-state index contributed by atoms with van der Waals surface area (Å²) in [5.74, 6) is 1.18. The Balaban J connectivity index is 1.46. The van der Waals surface area contributed by atoms with Gasteiger partial charge in [0.25, 0.3) is 0 Å². The maximum atomic E-state index is 12.6. The Bertz CT molecular complexity index is 954. The molecule has 3 aromatic rings. The summed E-state index contributed by atoms with van der Waals surface area (Å²) in [7, 11) is 1.90. The molecule has 2 heterocycles. The third kappa shape index (κ3) is 3.22. The zero-order valence-corrected chi connectivity index (χ0v) is 15.8. The molecule has 0 spiro atoms. The van der Waals surface area contributed by atoms with Crippen LogP contribution in [0.3, 0.4) is 0 Å². The van der Waals surface area contributed by atoms with Gasteiger partial charge in [-0.15, -0.1) is 10.2 Å². The van der Waals surface area contributed by atoms with E-state index in [4.69, 9.17) is 11.6 Å².